The van der Waals surface area contributed by atoms with Crippen molar-refractivity contribution < 1.29 is 14.3 Å². The van der Waals surface area contributed by atoms with Gasteiger partial charge in [-0.05, 0) is 19.0 Å². The molecular formula is C14H21N3O3. The maximum absolute atomic E-state index is 11.9. The van der Waals surface area contributed by atoms with Crippen LogP contribution in [0.15, 0.2) is 18.3 Å². The van der Waals surface area contributed by atoms with Crippen LogP contribution in [0.25, 0.3) is 0 Å². The molecule has 1 aliphatic rings. The molecule has 0 radical (unpaired) electrons. The normalized spacial score (nSPS) is 15.8. The lowest BCUT2D eigenvalue weighted by molar-refractivity contribution is 0.0374. The highest BCUT2D eigenvalue weighted by Gasteiger charge is 2.10. The van der Waals surface area contributed by atoms with Gasteiger partial charge in [-0.2, -0.15) is 0 Å². The maximum atomic E-state index is 11.9. The largest absolute Gasteiger partial charge is 0.481 e. The van der Waals surface area contributed by atoms with Gasteiger partial charge in [-0.15, -0.1) is 0 Å². The third-order valence-corrected chi connectivity index (χ3v) is 3.25. The van der Waals surface area contributed by atoms with E-state index in [9.17, 15) is 4.79 Å². The highest BCUT2D eigenvalue weighted by atomic mass is 16.5. The van der Waals surface area contributed by atoms with Crippen LogP contribution in [0.1, 0.15) is 16.8 Å². The molecular weight excluding hydrogens is 258 g/mol. The lowest BCUT2D eigenvalue weighted by atomic mass is 10.2. The molecule has 20 heavy (non-hydrogen) atoms. The number of amides is 1. The molecule has 1 aromatic rings. The average Bonchev–Trinajstić information content (AvgIpc) is 2.52. The third kappa shape index (κ3) is 4.47. The van der Waals surface area contributed by atoms with Crippen molar-refractivity contribution >= 4 is 5.91 Å². The molecule has 0 saturated carbocycles. The molecule has 1 saturated heterocycles. The first-order valence-corrected chi connectivity index (χ1v) is 6.88. The van der Waals surface area contributed by atoms with Crippen LogP contribution in [0.4, 0.5) is 0 Å². The van der Waals surface area contributed by atoms with Gasteiger partial charge in [0, 0.05) is 37.5 Å². The summed E-state index contributed by atoms with van der Waals surface area (Å²) in [5.41, 5.74) is 0.572. The minimum Gasteiger partial charge on any atom is -0.481 e. The zero-order valence-corrected chi connectivity index (χ0v) is 11.8. The second-order valence-electron chi connectivity index (χ2n) is 4.65. The molecule has 2 heterocycles. The highest BCUT2D eigenvalue weighted by molar-refractivity contribution is 5.94. The van der Waals surface area contributed by atoms with Crippen LogP contribution in [0.2, 0.25) is 0 Å². The molecule has 6 nitrogen and oxygen atoms in total. The van der Waals surface area contributed by atoms with E-state index in [1.165, 1.54) is 7.11 Å². The molecule has 110 valence electrons. The summed E-state index contributed by atoms with van der Waals surface area (Å²) in [6.07, 6.45) is 2.51. The van der Waals surface area contributed by atoms with Crippen molar-refractivity contribution in [1.82, 2.24) is 15.2 Å². The number of hydrogen-bond donors (Lipinski definition) is 1. The lowest BCUT2D eigenvalue weighted by Crippen LogP contribution is -2.38. The molecule has 0 atom stereocenters. The summed E-state index contributed by atoms with van der Waals surface area (Å²) in [5.74, 6) is 0.360. The van der Waals surface area contributed by atoms with E-state index in [1.54, 1.807) is 18.3 Å². The quantitative estimate of drug-likeness (QED) is 0.770. The van der Waals surface area contributed by atoms with Gasteiger partial charge in [0.05, 0.1) is 20.3 Å². The Hall–Kier alpha value is -1.66. The summed E-state index contributed by atoms with van der Waals surface area (Å²) >= 11 is 0. The number of nitrogens with zero attached hydrogens (tertiary/aromatic N) is 2. The van der Waals surface area contributed by atoms with Crippen molar-refractivity contribution in [2.75, 3.05) is 46.5 Å². The van der Waals surface area contributed by atoms with E-state index in [0.29, 0.717) is 18.0 Å². The Bertz CT molecular complexity index is 433. The van der Waals surface area contributed by atoms with E-state index in [2.05, 4.69) is 15.2 Å². The number of ether oxygens (including phenoxy) is 2. The monoisotopic (exact) mass is 279 g/mol. The summed E-state index contributed by atoms with van der Waals surface area (Å²) in [4.78, 5) is 18.3. The van der Waals surface area contributed by atoms with Gasteiger partial charge in [-0.25, -0.2) is 4.98 Å². The molecule has 1 amide bonds. The van der Waals surface area contributed by atoms with E-state index in [4.69, 9.17) is 9.47 Å². The van der Waals surface area contributed by atoms with Crippen molar-refractivity contribution in [3.05, 3.63) is 23.9 Å². The Labute approximate surface area is 119 Å². The van der Waals surface area contributed by atoms with Crippen molar-refractivity contribution in [1.29, 1.82) is 0 Å². The smallest absolute Gasteiger partial charge is 0.251 e. The highest BCUT2D eigenvalue weighted by Crippen LogP contribution is 2.08. The van der Waals surface area contributed by atoms with Crippen molar-refractivity contribution in [3.63, 3.8) is 0 Å². The summed E-state index contributed by atoms with van der Waals surface area (Å²) in [7, 11) is 1.53. The first kappa shape index (κ1) is 14.7. The second kappa shape index (κ2) is 7.81. The van der Waals surface area contributed by atoms with Gasteiger partial charge < -0.3 is 14.8 Å². The van der Waals surface area contributed by atoms with Crippen LogP contribution in [0.5, 0.6) is 5.88 Å². The Morgan fingerprint density at radius 3 is 3.05 bits per heavy atom. The molecule has 6 heteroatoms. The fourth-order valence-electron chi connectivity index (χ4n) is 2.09. The van der Waals surface area contributed by atoms with Gasteiger partial charge in [-0.3, -0.25) is 9.69 Å². The average molecular weight is 279 g/mol. The zero-order valence-electron chi connectivity index (χ0n) is 11.8. The van der Waals surface area contributed by atoms with Gasteiger partial charge in [0.25, 0.3) is 5.91 Å². The molecule has 1 fully saturated rings. The number of pyridine rings is 1. The van der Waals surface area contributed by atoms with E-state index in [1.807, 2.05) is 0 Å². The fraction of sp³-hybridized carbons (Fsp3) is 0.571. The van der Waals surface area contributed by atoms with Crippen LogP contribution in [-0.4, -0.2) is 62.3 Å². The standard InChI is InChI=1S/C14H21N3O3/c1-19-13-11-12(3-5-15-13)14(18)16-4-2-6-17-7-9-20-10-8-17/h3,5,11H,2,4,6-10H2,1H3,(H,16,18). The number of nitrogens with one attached hydrogen (secondary N) is 1. The number of rotatable bonds is 6. The molecule has 1 N–H and O–H groups in total. The minimum absolute atomic E-state index is 0.0901. The predicted octanol–water partition coefficient (Wildman–Crippen LogP) is 0.542. The zero-order chi connectivity index (χ0) is 14.2. The predicted molar refractivity (Wildman–Crippen MR) is 75.0 cm³/mol. The van der Waals surface area contributed by atoms with Crippen molar-refractivity contribution in [2.45, 2.75) is 6.42 Å². The van der Waals surface area contributed by atoms with Gasteiger partial charge >= 0.3 is 0 Å². The number of methoxy groups -OCH3 is 1. The number of carbonyl (C=O) groups excluding carboxylic acids is 1. The molecule has 0 aromatic carbocycles. The van der Waals surface area contributed by atoms with Gasteiger partial charge in [0.2, 0.25) is 5.88 Å². The van der Waals surface area contributed by atoms with Gasteiger partial charge in [0.1, 0.15) is 0 Å². The summed E-state index contributed by atoms with van der Waals surface area (Å²) in [5, 5.41) is 2.91. The minimum atomic E-state index is -0.0901. The van der Waals surface area contributed by atoms with Crippen LogP contribution in [-0.2, 0) is 4.74 Å². The van der Waals surface area contributed by atoms with E-state index in [0.717, 1.165) is 39.3 Å². The SMILES string of the molecule is COc1cc(C(=O)NCCCN2CCOCC2)ccn1. The first-order chi connectivity index (χ1) is 9.79. The Kier molecular flexibility index (Phi) is 5.76. The Morgan fingerprint density at radius 1 is 1.50 bits per heavy atom. The van der Waals surface area contributed by atoms with Crippen LogP contribution < -0.4 is 10.1 Å². The van der Waals surface area contributed by atoms with Crippen LogP contribution in [0.3, 0.4) is 0 Å². The third-order valence-electron chi connectivity index (χ3n) is 3.25. The summed E-state index contributed by atoms with van der Waals surface area (Å²) in [6, 6.07) is 3.32. The summed E-state index contributed by atoms with van der Waals surface area (Å²) in [6.45, 7) is 5.24. The Morgan fingerprint density at radius 2 is 2.30 bits per heavy atom. The molecule has 1 aliphatic heterocycles. The van der Waals surface area contributed by atoms with Gasteiger partial charge in [0.15, 0.2) is 0 Å². The van der Waals surface area contributed by atoms with E-state index in [-0.39, 0.29) is 5.91 Å². The first-order valence-electron chi connectivity index (χ1n) is 6.88. The number of hydrogen-bond acceptors (Lipinski definition) is 5. The van der Waals surface area contributed by atoms with E-state index < -0.39 is 0 Å². The molecule has 2 rings (SSSR count). The topological polar surface area (TPSA) is 63.7 Å². The van der Waals surface area contributed by atoms with Crippen molar-refractivity contribution in [3.8, 4) is 5.88 Å². The van der Waals surface area contributed by atoms with Crippen molar-refractivity contribution in [2.24, 2.45) is 0 Å². The molecule has 0 unspecified atom stereocenters. The van der Waals surface area contributed by atoms with E-state index >= 15 is 0 Å². The maximum Gasteiger partial charge on any atom is 0.251 e. The molecule has 0 aliphatic carbocycles. The Balaban J connectivity index is 1.69. The van der Waals surface area contributed by atoms with Crippen LogP contribution >= 0.6 is 0 Å². The number of carbonyl (C=O) groups is 1. The summed E-state index contributed by atoms with van der Waals surface area (Å²) < 4.78 is 10.3. The van der Waals surface area contributed by atoms with Crippen LogP contribution in [0, 0.1) is 0 Å². The second-order valence-corrected chi connectivity index (χ2v) is 4.65. The fourth-order valence-corrected chi connectivity index (χ4v) is 2.09. The lowest BCUT2D eigenvalue weighted by Gasteiger charge is -2.26. The molecule has 0 bridgehead atoms. The number of aromatic nitrogens is 1. The molecule has 1 aromatic heterocycles. The molecule has 0 spiro atoms. The van der Waals surface area contributed by atoms with Gasteiger partial charge in [-0.1, -0.05) is 0 Å². The number of morpholine rings is 1.